The van der Waals surface area contributed by atoms with Crippen molar-refractivity contribution in [2.24, 2.45) is 0 Å². The molecule has 0 aliphatic carbocycles. The number of hydrogen-bond donors (Lipinski definition) is 1. The molecular weight excluding hydrogens is 176 g/mol. The van der Waals surface area contributed by atoms with Gasteiger partial charge in [0, 0.05) is 11.1 Å². The molecule has 0 aliphatic rings. The third-order valence-corrected chi connectivity index (χ3v) is 2.34. The van der Waals surface area contributed by atoms with Crippen LogP contribution in [0.5, 0.6) is 0 Å². The minimum absolute atomic E-state index is 0.286. The molecule has 1 aromatic carbocycles. The summed E-state index contributed by atoms with van der Waals surface area (Å²) in [4.78, 5) is 0. The van der Waals surface area contributed by atoms with Gasteiger partial charge in [0.25, 0.3) is 0 Å². The lowest BCUT2D eigenvalue weighted by atomic mass is 10.1. The maximum Gasteiger partial charge on any atom is 0.0278 e. The highest BCUT2D eigenvalue weighted by Crippen LogP contribution is 2.23. The summed E-state index contributed by atoms with van der Waals surface area (Å²) in [6.45, 7) is 0. The van der Waals surface area contributed by atoms with Gasteiger partial charge in [-0.3, -0.25) is 0 Å². The highest BCUT2D eigenvalue weighted by atomic mass is 35.5. The molecule has 11 heavy (non-hydrogen) atoms. The molecule has 0 nitrogen and oxygen atoms in total. The number of alkyl halides is 1. The topological polar surface area (TPSA) is 0 Å². The van der Waals surface area contributed by atoms with Gasteiger partial charge in [-0.05, 0) is 12.0 Å². The van der Waals surface area contributed by atoms with E-state index in [1.165, 1.54) is 5.56 Å². The zero-order valence-corrected chi connectivity index (χ0v) is 7.85. The van der Waals surface area contributed by atoms with E-state index >= 15 is 0 Å². The molecule has 0 aromatic heterocycles. The molecule has 2 heteroatoms. The molecule has 1 unspecified atom stereocenters. The van der Waals surface area contributed by atoms with Gasteiger partial charge in [-0.15, -0.1) is 11.6 Å². The molecule has 1 atom stereocenters. The second kappa shape index (κ2) is 4.68. The van der Waals surface area contributed by atoms with Crippen LogP contribution in [0.25, 0.3) is 0 Å². The summed E-state index contributed by atoms with van der Waals surface area (Å²) in [5.74, 6) is 0.670. The van der Waals surface area contributed by atoms with E-state index in [9.17, 15) is 0 Å². The summed E-state index contributed by atoms with van der Waals surface area (Å²) in [6.07, 6.45) is 0.925. The largest absolute Gasteiger partial charge is 0.171 e. The Bertz CT molecular complexity index is 198. The highest BCUT2D eigenvalue weighted by Gasteiger charge is 2.02. The fourth-order valence-electron chi connectivity index (χ4n) is 0.945. The molecule has 60 valence electrons. The molecular formula is C9H11ClS. The lowest BCUT2D eigenvalue weighted by molar-refractivity contribution is 0.909. The van der Waals surface area contributed by atoms with Gasteiger partial charge in [0.05, 0.1) is 0 Å². The Kier molecular flexibility index (Phi) is 3.81. The molecule has 1 aromatic rings. The quantitative estimate of drug-likeness (QED) is 0.544. The van der Waals surface area contributed by atoms with Crippen molar-refractivity contribution in [2.75, 3.05) is 5.88 Å². The average molecular weight is 187 g/mol. The van der Waals surface area contributed by atoms with Gasteiger partial charge in [0.2, 0.25) is 0 Å². The first kappa shape index (κ1) is 8.95. The maximum atomic E-state index is 5.60. The van der Waals surface area contributed by atoms with E-state index in [2.05, 4.69) is 24.8 Å². The number of rotatable bonds is 3. The molecule has 0 fully saturated rings. The van der Waals surface area contributed by atoms with Crippen molar-refractivity contribution < 1.29 is 0 Å². The van der Waals surface area contributed by atoms with Gasteiger partial charge in [-0.2, -0.15) is 12.6 Å². The lowest BCUT2D eigenvalue weighted by Gasteiger charge is -2.07. The van der Waals surface area contributed by atoms with Crippen molar-refractivity contribution in [3.8, 4) is 0 Å². The normalized spacial score (nSPS) is 12.9. The van der Waals surface area contributed by atoms with E-state index in [0.717, 1.165) is 6.42 Å². The molecule has 0 bridgehead atoms. The van der Waals surface area contributed by atoms with Crippen LogP contribution in [0.2, 0.25) is 0 Å². The van der Waals surface area contributed by atoms with Crippen molar-refractivity contribution in [3.63, 3.8) is 0 Å². The van der Waals surface area contributed by atoms with Gasteiger partial charge in [0.1, 0.15) is 0 Å². The molecule has 0 amide bonds. The zero-order valence-electron chi connectivity index (χ0n) is 6.20. The van der Waals surface area contributed by atoms with E-state index in [1.54, 1.807) is 0 Å². The van der Waals surface area contributed by atoms with Crippen LogP contribution in [-0.2, 0) is 0 Å². The number of hydrogen-bond acceptors (Lipinski definition) is 1. The molecule has 0 radical (unpaired) electrons. The summed E-state index contributed by atoms with van der Waals surface area (Å²) in [7, 11) is 0. The average Bonchev–Trinajstić information content (AvgIpc) is 2.07. The second-order valence-electron chi connectivity index (χ2n) is 2.40. The third kappa shape index (κ3) is 2.76. The van der Waals surface area contributed by atoms with Crippen LogP contribution in [0.3, 0.4) is 0 Å². The van der Waals surface area contributed by atoms with Crippen molar-refractivity contribution in [3.05, 3.63) is 35.9 Å². The van der Waals surface area contributed by atoms with Crippen LogP contribution >= 0.6 is 24.2 Å². The molecule has 0 spiro atoms. The van der Waals surface area contributed by atoms with Gasteiger partial charge in [-0.25, -0.2) is 0 Å². The van der Waals surface area contributed by atoms with E-state index in [1.807, 2.05) is 18.2 Å². The van der Waals surface area contributed by atoms with Crippen molar-refractivity contribution in [1.82, 2.24) is 0 Å². The van der Waals surface area contributed by atoms with Gasteiger partial charge < -0.3 is 0 Å². The van der Waals surface area contributed by atoms with Crippen LogP contribution in [-0.4, -0.2) is 5.88 Å². The lowest BCUT2D eigenvalue weighted by Crippen LogP contribution is -1.90. The summed E-state index contributed by atoms with van der Waals surface area (Å²) in [6, 6.07) is 10.2. The van der Waals surface area contributed by atoms with Crippen LogP contribution in [0.1, 0.15) is 17.2 Å². The fraction of sp³-hybridized carbons (Fsp3) is 0.333. The van der Waals surface area contributed by atoms with Crippen molar-refractivity contribution in [2.45, 2.75) is 11.7 Å². The Labute approximate surface area is 78.0 Å². The molecule has 0 saturated heterocycles. The van der Waals surface area contributed by atoms with Crippen LogP contribution in [0, 0.1) is 0 Å². The molecule has 0 aliphatic heterocycles. The Morgan fingerprint density at radius 1 is 1.27 bits per heavy atom. The first-order valence-electron chi connectivity index (χ1n) is 3.63. The maximum absolute atomic E-state index is 5.60. The summed E-state index contributed by atoms with van der Waals surface area (Å²) in [5, 5.41) is 0.286. The Hall–Kier alpha value is -0.140. The van der Waals surface area contributed by atoms with E-state index < -0.39 is 0 Å². The van der Waals surface area contributed by atoms with Crippen LogP contribution in [0.4, 0.5) is 0 Å². The van der Waals surface area contributed by atoms with E-state index in [-0.39, 0.29) is 5.25 Å². The monoisotopic (exact) mass is 186 g/mol. The van der Waals surface area contributed by atoms with Crippen LogP contribution < -0.4 is 0 Å². The predicted octanol–water partition coefficient (Wildman–Crippen LogP) is 3.29. The Morgan fingerprint density at radius 3 is 2.45 bits per heavy atom. The standard InChI is InChI=1S/C9H11ClS/c10-7-6-9(11)8-4-2-1-3-5-8/h1-5,9,11H,6-7H2. The highest BCUT2D eigenvalue weighted by molar-refractivity contribution is 7.80. The van der Waals surface area contributed by atoms with Crippen molar-refractivity contribution >= 4 is 24.2 Å². The Balaban J connectivity index is 2.61. The van der Waals surface area contributed by atoms with Crippen LogP contribution in [0.15, 0.2) is 30.3 Å². The van der Waals surface area contributed by atoms with E-state index in [4.69, 9.17) is 11.6 Å². The predicted molar refractivity (Wildman–Crippen MR) is 53.5 cm³/mol. The van der Waals surface area contributed by atoms with E-state index in [0.29, 0.717) is 5.88 Å². The summed E-state index contributed by atoms with van der Waals surface area (Å²) >= 11 is 10.0. The Morgan fingerprint density at radius 2 is 1.91 bits per heavy atom. The SMILES string of the molecule is SC(CCCl)c1ccccc1. The van der Waals surface area contributed by atoms with Gasteiger partial charge in [-0.1, -0.05) is 30.3 Å². The number of thiol groups is 1. The number of halogens is 1. The minimum Gasteiger partial charge on any atom is -0.171 e. The second-order valence-corrected chi connectivity index (χ2v) is 3.41. The first-order valence-corrected chi connectivity index (χ1v) is 4.68. The summed E-state index contributed by atoms with van der Waals surface area (Å²) in [5.41, 5.74) is 1.25. The molecule has 0 N–H and O–H groups in total. The smallest absolute Gasteiger partial charge is 0.0278 e. The zero-order chi connectivity index (χ0) is 8.10. The third-order valence-electron chi connectivity index (χ3n) is 1.57. The molecule has 0 heterocycles. The summed E-state index contributed by atoms with van der Waals surface area (Å²) < 4.78 is 0. The molecule has 1 rings (SSSR count). The van der Waals surface area contributed by atoms with Gasteiger partial charge >= 0.3 is 0 Å². The number of benzene rings is 1. The minimum atomic E-state index is 0.286. The van der Waals surface area contributed by atoms with Crippen molar-refractivity contribution in [1.29, 1.82) is 0 Å². The van der Waals surface area contributed by atoms with Gasteiger partial charge in [0.15, 0.2) is 0 Å². The molecule has 0 saturated carbocycles. The first-order chi connectivity index (χ1) is 5.34. The fourth-order valence-corrected chi connectivity index (χ4v) is 1.62.